The Kier molecular flexibility index (Phi) is 5.79. The lowest BCUT2D eigenvalue weighted by Gasteiger charge is -2.16. The molecule has 0 N–H and O–H groups in total. The maximum absolute atomic E-state index is 13.8. The maximum Gasteiger partial charge on any atom is 0.129 e. The van der Waals surface area contributed by atoms with Gasteiger partial charge in [-0.1, -0.05) is 52.9 Å². The second-order valence-corrected chi connectivity index (χ2v) is 5.20. The monoisotopic (exact) mass is 386 g/mol. The van der Waals surface area contributed by atoms with Crippen molar-refractivity contribution >= 4 is 22.6 Å². The topological polar surface area (TPSA) is 18.5 Å². The van der Waals surface area contributed by atoms with Gasteiger partial charge in [0.1, 0.15) is 11.6 Å². The predicted octanol–water partition coefficient (Wildman–Crippen LogP) is 4.53. The molecule has 0 fully saturated rings. The van der Waals surface area contributed by atoms with Crippen LogP contribution >= 0.6 is 22.6 Å². The molecule has 2 aromatic carbocycles. The van der Waals surface area contributed by atoms with Crippen molar-refractivity contribution in [1.29, 1.82) is 0 Å². The molecule has 1 unspecified atom stereocenters. The summed E-state index contributed by atoms with van der Waals surface area (Å²) in [6.45, 7) is 0.450. The van der Waals surface area contributed by atoms with Crippen molar-refractivity contribution in [2.24, 2.45) is 0 Å². The van der Waals surface area contributed by atoms with E-state index in [-0.39, 0.29) is 11.9 Å². The molecule has 0 saturated carbocycles. The highest BCUT2D eigenvalue weighted by Crippen LogP contribution is 2.24. The Labute approximate surface area is 132 Å². The number of hydrogen-bond acceptors (Lipinski definition) is 2. The summed E-state index contributed by atoms with van der Waals surface area (Å²) in [4.78, 5) is 0. The average molecular weight is 386 g/mol. The van der Waals surface area contributed by atoms with Gasteiger partial charge in [-0.15, -0.1) is 0 Å². The molecule has 0 aliphatic carbocycles. The van der Waals surface area contributed by atoms with Crippen molar-refractivity contribution in [3.8, 4) is 5.75 Å². The highest BCUT2D eigenvalue weighted by molar-refractivity contribution is 14.1. The molecule has 2 rings (SSSR count). The van der Waals surface area contributed by atoms with Crippen molar-refractivity contribution < 1.29 is 13.9 Å². The standard InChI is InChI=1S/C16H16FIO2/c1-19-13-8-6-12(7-9-13)11-20-16(10-18)14-4-2-3-5-15(14)17/h2-9,16H,10-11H2,1H3. The molecule has 2 aromatic rings. The van der Waals surface area contributed by atoms with E-state index < -0.39 is 0 Å². The predicted molar refractivity (Wildman–Crippen MR) is 85.8 cm³/mol. The summed E-state index contributed by atoms with van der Waals surface area (Å²) in [5, 5.41) is 0. The van der Waals surface area contributed by atoms with Gasteiger partial charge in [0.15, 0.2) is 0 Å². The van der Waals surface area contributed by atoms with Crippen molar-refractivity contribution in [2.45, 2.75) is 12.7 Å². The SMILES string of the molecule is COc1ccc(COC(CI)c2ccccc2F)cc1. The number of methoxy groups -OCH3 is 1. The molecule has 1 atom stereocenters. The molecule has 0 bridgehead atoms. The normalized spacial score (nSPS) is 12.2. The number of rotatable bonds is 6. The Morgan fingerprint density at radius 1 is 1.10 bits per heavy atom. The van der Waals surface area contributed by atoms with E-state index in [2.05, 4.69) is 22.6 Å². The molecular formula is C16H16FIO2. The Morgan fingerprint density at radius 2 is 1.80 bits per heavy atom. The molecule has 0 radical (unpaired) electrons. The van der Waals surface area contributed by atoms with Crippen LogP contribution in [-0.4, -0.2) is 11.5 Å². The lowest BCUT2D eigenvalue weighted by molar-refractivity contribution is 0.0554. The van der Waals surface area contributed by atoms with Crippen LogP contribution in [0.2, 0.25) is 0 Å². The van der Waals surface area contributed by atoms with Crippen LogP contribution in [-0.2, 0) is 11.3 Å². The Morgan fingerprint density at radius 3 is 2.40 bits per heavy atom. The third-order valence-electron chi connectivity index (χ3n) is 3.00. The summed E-state index contributed by atoms with van der Waals surface area (Å²) in [6.07, 6.45) is -0.237. The van der Waals surface area contributed by atoms with Gasteiger partial charge in [0, 0.05) is 9.99 Å². The quantitative estimate of drug-likeness (QED) is 0.537. The van der Waals surface area contributed by atoms with Crippen molar-refractivity contribution in [3.63, 3.8) is 0 Å². The number of benzene rings is 2. The molecule has 0 aliphatic heterocycles. The third kappa shape index (κ3) is 3.93. The Hall–Kier alpha value is -1.14. The first-order chi connectivity index (χ1) is 9.74. The maximum atomic E-state index is 13.8. The molecule has 20 heavy (non-hydrogen) atoms. The summed E-state index contributed by atoms with van der Waals surface area (Å²) < 4.78 is 25.4. The zero-order chi connectivity index (χ0) is 14.4. The molecule has 0 spiro atoms. The first-order valence-electron chi connectivity index (χ1n) is 6.29. The fraction of sp³-hybridized carbons (Fsp3) is 0.250. The van der Waals surface area contributed by atoms with E-state index in [0.717, 1.165) is 11.3 Å². The van der Waals surface area contributed by atoms with Gasteiger partial charge in [-0.05, 0) is 23.8 Å². The minimum absolute atomic E-state index is 0.219. The molecule has 0 amide bonds. The van der Waals surface area contributed by atoms with Crippen LogP contribution in [0.4, 0.5) is 4.39 Å². The van der Waals surface area contributed by atoms with E-state index in [0.29, 0.717) is 16.6 Å². The third-order valence-corrected chi connectivity index (χ3v) is 3.80. The molecule has 106 valence electrons. The van der Waals surface area contributed by atoms with Gasteiger partial charge in [-0.3, -0.25) is 0 Å². The minimum atomic E-state index is -0.237. The lowest BCUT2D eigenvalue weighted by Crippen LogP contribution is -2.08. The van der Waals surface area contributed by atoms with Crippen LogP contribution in [0.15, 0.2) is 48.5 Å². The first-order valence-corrected chi connectivity index (χ1v) is 7.82. The van der Waals surface area contributed by atoms with E-state index in [9.17, 15) is 4.39 Å². The zero-order valence-electron chi connectivity index (χ0n) is 11.2. The smallest absolute Gasteiger partial charge is 0.129 e. The highest BCUT2D eigenvalue weighted by Gasteiger charge is 2.14. The molecule has 0 aromatic heterocycles. The summed E-state index contributed by atoms with van der Waals surface area (Å²) in [7, 11) is 1.63. The van der Waals surface area contributed by atoms with E-state index in [1.807, 2.05) is 30.3 Å². The van der Waals surface area contributed by atoms with Crippen molar-refractivity contribution in [1.82, 2.24) is 0 Å². The zero-order valence-corrected chi connectivity index (χ0v) is 13.3. The van der Waals surface area contributed by atoms with Crippen molar-refractivity contribution in [3.05, 3.63) is 65.5 Å². The molecule has 0 heterocycles. The summed E-state index contributed by atoms with van der Waals surface area (Å²) in [6, 6.07) is 14.4. The largest absolute Gasteiger partial charge is 0.497 e. The van der Waals surface area contributed by atoms with Crippen LogP contribution in [0.25, 0.3) is 0 Å². The van der Waals surface area contributed by atoms with E-state index in [1.165, 1.54) is 6.07 Å². The molecule has 2 nitrogen and oxygen atoms in total. The van der Waals surface area contributed by atoms with Gasteiger partial charge in [0.05, 0.1) is 19.8 Å². The Balaban J connectivity index is 2.02. The lowest BCUT2D eigenvalue weighted by atomic mass is 10.1. The van der Waals surface area contributed by atoms with Gasteiger partial charge >= 0.3 is 0 Å². The minimum Gasteiger partial charge on any atom is -0.497 e. The average Bonchev–Trinajstić information content (AvgIpc) is 2.50. The van der Waals surface area contributed by atoms with Gasteiger partial charge in [-0.25, -0.2) is 4.39 Å². The van der Waals surface area contributed by atoms with E-state index in [4.69, 9.17) is 9.47 Å². The van der Waals surface area contributed by atoms with Gasteiger partial charge in [0.25, 0.3) is 0 Å². The first kappa shape index (κ1) is 15.3. The number of hydrogen-bond donors (Lipinski definition) is 0. The van der Waals surface area contributed by atoms with Gasteiger partial charge < -0.3 is 9.47 Å². The van der Waals surface area contributed by atoms with Crippen LogP contribution in [0, 0.1) is 5.82 Å². The molecular weight excluding hydrogens is 370 g/mol. The van der Waals surface area contributed by atoms with Crippen LogP contribution in [0.5, 0.6) is 5.75 Å². The van der Waals surface area contributed by atoms with Crippen LogP contribution < -0.4 is 4.74 Å². The van der Waals surface area contributed by atoms with Crippen LogP contribution in [0.3, 0.4) is 0 Å². The highest BCUT2D eigenvalue weighted by atomic mass is 127. The summed E-state index contributed by atoms with van der Waals surface area (Å²) in [5.74, 6) is 0.595. The number of halogens is 2. The molecule has 0 aliphatic rings. The van der Waals surface area contributed by atoms with Gasteiger partial charge in [0.2, 0.25) is 0 Å². The van der Waals surface area contributed by atoms with E-state index >= 15 is 0 Å². The fourth-order valence-corrected chi connectivity index (χ4v) is 2.60. The van der Waals surface area contributed by atoms with Crippen molar-refractivity contribution in [2.75, 3.05) is 11.5 Å². The Bertz CT molecular complexity index is 542. The fourth-order valence-electron chi connectivity index (χ4n) is 1.87. The number of ether oxygens (including phenoxy) is 2. The molecule has 4 heteroatoms. The summed E-state index contributed by atoms with van der Waals surface area (Å²) >= 11 is 2.21. The van der Waals surface area contributed by atoms with Gasteiger partial charge in [-0.2, -0.15) is 0 Å². The number of alkyl halides is 1. The second kappa shape index (κ2) is 7.59. The second-order valence-electron chi connectivity index (χ2n) is 4.32. The van der Waals surface area contributed by atoms with E-state index in [1.54, 1.807) is 19.2 Å². The molecule has 0 saturated heterocycles. The van der Waals surface area contributed by atoms with Crippen LogP contribution in [0.1, 0.15) is 17.2 Å². The summed E-state index contributed by atoms with van der Waals surface area (Å²) in [5.41, 5.74) is 1.65.